The first-order chi connectivity index (χ1) is 8.33. The molecule has 0 bridgehead atoms. The first-order valence-electron chi connectivity index (χ1n) is 6.13. The predicted octanol–water partition coefficient (Wildman–Crippen LogP) is 2.56. The molecule has 86 valence electrons. The second-order valence-electron chi connectivity index (χ2n) is 4.67. The molecular weight excluding hydrogens is 208 g/mol. The van der Waals surface area contributed by atoms with Gasteiger partial charge >= 0.3 is 0 Å². The van der Waals surface area contributed by atoms with Crippen LogP contribution in [0.25, 0.3) is 11.3 Å². The molecule has 0 radical (unpaired) electrons. The van der Waals surface area contributed by atoms with Crippen LogP contribution in [0.4, 0.5) is 0 Å². The average Bonchev–Trinajstić information content (AvgIpc) is 2.39. The Morgan fingerprint density at radius 1 is 1.06 bits per heavy atom. The first-order valence-corrected chi connectivity index (χ1v) is 6.13. The van der Waals surface area contributed by atoms with E-state index in [1.54, 1.807) is 0 Å². The Morgan fingerprint density at radius 2 is 1.88 bits per heavy atom. The smallest absolute Gasteiger partial charge is 0.0705 e. The Kier molecular flexibility index (Phi) is 2.65. The van der Waals surface area contributed by atoms with Crippen LogP contribution in [-0.2, 0) is 12.8 Å². The molecule has 2 heteroatoms. The third-order valence-corrected chi connectivity index (χ3v) is 3.37. The molecule has 0 saturated heterocycles. The maximum atomic E-state index is 5.97. The molecule has 1 heterocycles. The highest BCUT2D eigenvalue weighted by Gasteiger charge is 2.16. The highest BCUT2D eigenvalue weighted by atomic mass is 14.7. The van der Waals surface area contributed by atoms with Gasteiger partial charge in [-0.1, -0.05) is 36.4 Å². The highest BCUT2D eigenvalue weighted by molar-refractivity contribution is 5.59. The molecule has 0 aliphatic heterocycles. The van der Waals surface area contributed by atoms with Gasteiger partial charge in [-0.05, 0) is 30.9 Å². The van der Waals surface area contributed by atoms with Crippen LogP contribution >= 0.6 is 0 Å². The fourth-order valence-corrected chi connectivity index (χ4v) is 2.41. The Bertz CT molecular complexity index is 520. The minimum atomic E-state index is 0.312. The molecule has 1 aliphatic rings. The lowest BCUT2D eigenvalue weighted by atomic mass is 9.92. The second-order valence-corrected chi connectivity index (χ2v) is 4.67. The molecular formula is C15H16N2. The number of aryl methyl sites for hydroxylation is 1. The lowest BCUT2D eigenvalue weighted by molar-refractivity contribution is 0.567. The number of rotatable bonds is 1. The molecule has 1 atom stereocenters. The van der Waals surface area contributed by atoms with Crippen LogP contribution in [0.5, 0.6) is 0 Å². The van der Waals surface area contributed by atoms with Crippen LogP contribution in [-0.4, -0.2) is 11.0 Å². The largest absolute Gasteiger partial charge is 0.327 e. The lowest BCUT2D eigenvalue weighted by Gasteiger charge is -2.20. The highest BCUT2D eigenvalue weighted by Crippen LogP contribution is 2.23. The molecule has 2 N–H and O–H groups in total. The molecule has 2 aromatic rings. The van der Waals surface area contributed by atoms with Crippen LogP contribution in [0.1, 0.15) is 17.7 Å². The molecule has 1 aliphatic carbocycles. The van der Waals surface area contributed by atoms with Crippen molar-refractivity contribution in [2.45, 2.75) is 25.3 Å². The molecule has 0 amide bonds. The van der Waals surface area contributed by atoms with Gasteiger partial charge in [-0.15, -0.1) is 0 Å². The van der Waals surface area contributed by atoms with Crippen LogP contribution in [0.2, 0.25) is 0 Å². The van der Waals surface area contributed by atoms with Gasteiger partial charge in [0.15, 0.2) is 0 Å². The maximum absolute atomic E-state index is 5.97. The van der Waals surface area contributed by atoms with Crippen molar-refractivity contribution in [3.05, 3.63) is 53.7 Å². The number of hydrogen-bond acceptors (Lipinski definition) is 2. The van der Waals surface area contributed by atoms with Crippen molar-refractivity contribution >= 4 is 0 Å². The summed E-state index contributed by atoms with van der Waals surface area (Å²) >= 11 is 0. The van der Waals surface area contributed by atoms with Gasteiger partial charge in [-0.3, -0.25) is 4.98 Å². The third-order valence-electron chi connectivity index (χ3n) is 3.37. The maximum Gasteiger partial charge on any atom is 0.0705 e. The van der Waals surface area contributed by atoms with Gasteiger partial charge in [0.25, 0.3) is 0 Å². The SMILES string of the molecule is NC1CCc2nc(-c3ccccc3)ccc2C1. The van der Waals surface area contributed by atoms with E-state index in [4.69, 9.17) is 10.7 Å². The van der Waals surface area contributed by atoms with Crippen LogP contribution in [0.3, 0.4) is 0 Å². The third kappa shape index (κ3) is 2.08. The van der Waals surface area contributed by atoms with E-state index in [0.717, 1.165) is 25.0 Å². The van der Waals surface area contributed by atoms with E-state index in [1.165, 1.54) is 16.8 Å². The Balaban J connectivity index is 1.99. The minimum Gasteiger partial charge on any atom is -0.327 e. The van der Waals surface area contributed by atoms with Crippen LogP contribution < -0.4 is 5.73 Å². The quantitative estimate of drug-likeness (QED) is 0.808. The van der Waals surface area contributed by atoms with E-state index >= 15 is 0 Å². The van der Waals surface area contributed by atoms with Crippen molar-refractivity contribution in [2.24, 2.45) is 5.73 Å². The van der Waals surface area contributed by atoms with E-state index < -0.39 is 0 Å². The normalized spacial score (nSPS) is 18.8. The summed E-state index contributed by atoms with van der Waals surface area (Å²) in [5, 5.41) is 0. The van der Waals surface area contributed by atoms with E-state index in [1.807, 2.05) is 18.2 Å². The number of nitrogens with zero attached hydrogens (tertiary/aromatic N) is 1. The van der Waals surface area contributed by atoms with Gasteiger partial charge < -0.3 is 5.73 Å². The van der Waals surface area contributed by atoms with E-state index in [2.05, 4.69) is 24.3 Å². The van der Waals surface area contributed by atoms with E-state index in [9.17, 15) is 0 Å². The molecule has 17 heavy (non-hydrogen) atoms. The Labute approximate surface area is 102 Å². The van der Waals surface area contributed by atoms with Gasteiger partial charge in [0.05, 0.1) is 5.69 Å². The number of benzene rings is 1. The van der Waals surface area contributed by atoms with Gasteiger partial charge in [0, 0.05) is 17.3 Å². The van der Waals surface area contributed by atoms with Crippen LogP contribution in [0.15, 0.2) is 42.5 Å². The first kappa shape index (κ1) is 10.5. The van der Waals surface area contributed by atoms with Gasteiger partial charge in [-0.25, -0.2) is 0 Å². The fraction of sp³-hybridized carbons (Fsp3) is 0.267. The zero-order valence-corrected chi connectivity index (χ0v) is 9.76. The van der Waals surface area contributed by atoms with Gasteiger partial charge in [0.1, 0.15) is 0 Å². The minimum absolute atomic E-state index is 0.312. The zero-order valence-electron chi connectivity index (χ0n) is 9.76. The summed E-state index contributed by atoms with van der Waals surface area (Å²) in [6, 6.07) is 14.9. The molecule has 0 spiro atoms. The second kappa shape index (κ2) is 4.30. The van der Waals surface area contributed by atoms with E-state index in [0.29, 0.717) is 6.04 Å². The van der Waals surface area contributed by atoms with Crippen molar-refractivity contribution in [3.63, 3.8) is 0 Å². The number of aromatic nitrogens is 1. The Morgan fingerprint density at radius 3 is 2.71 bits per heavy atom. The van der Waals surface area contributed by atoms with Crippen LogP contribution in [0, 0.1) is 0 Å². The summed E-state index contributed by atoms with van der Waals surface area (Å²) in [4.78, 5) is 4.76. The van der Waals surface area contributed by atoms with Crippen molar-refractivity contribution in [1.82, 2.24) is 4.98 Å². The number of nitrogens with two attached hydrogens (primary N) is 1. The summed E-state index contributed by atoms with van der Waals surface area (Å²) in [5.74, 6) is 0. The summed E-state index contributed by atoms with van der Waals surface area (Å²) in [7, 11) is 0. The monoisotopic (exact) mass is 224 g/mol. The fourth-order valence-electron chi connectivity index (χ4n) is 2.41. The molecule has 1 unspecified atom stereocenters. The molecule has 3 rings (SSSR count). The van der Waals surface area contributed by atoms with Gasteiger partial charge in [0.2, 0.25) is 0 Å². The molecule has 1 aromatic heterocycles. The Hall–Kier alpha value is -1.67. The van der Waals surface area contributed by atoms with Crippen molar-refractivity contribution < 1.29 is 0 Å². The number of fused-ring (bicyclic) bond motifs is 1. The topological polar surface area (TPSA) is 38.9 Å². The van der Waals surface area contributed by atoms with E-state index in [-0.39, 0.29) is 0 Å². The van der Waals surface area contributed by atoms with Gasteiger partial charge in [-0.2, -0.15) is 0 Å². The molecule has 0 fully saturated rings. The zero-order chi connectivity index (χ0) is 11.7. The average molecular weight is 224 g/mol. The molecule has 0 saturated carbocycles. The summed E-state index contributed by atoms with van der Waals surface area (Å²) < 4.78 is 0. The standard InChI is InChI=1S/C15H16N2/c16-13-7-9-15-12(10-13)6-8-14(17-15)11-4-2-1-3-5-11/h1-6,8,13H,7,9-10,16H2. The number of pyridine rings is 1. The number of hydrogen-bond donors (Lipinski definition) is 1. The van der Waals surface area contributed by atoms with Crippen molar-refractivity contribution in [2.75, 3.05) is 0 Å². The lowest BCUT2D eigenvalue weighted by Crippen LogP contribution is -2.28. The summed E-state index contributed by atoms with van der Waals surface area (Å²) in [6.45, 7) is 0. The van der Waals surface area contributed by atoms with Crippen molar-refractivity contribution in [1.29, 1.82) is 0 Å². The summed E-state index contributed by atoms with van der Waals surface area (Å²) in [5.41, 5.74) is 10.8. The molecule has 2 nitrogen and oxygen atoms in total. The summed E-state index contributed by atoms with van der Waals surface area (Å²) in [6.07, 6.45) is 3.03. The predicted molar refractivity (Wildman–Crippen MR) is 69.7 cm³/mol. The molecule has 1 aromatic carbocycles. The van der Waals surface area contributed by atoms with Crippen molar-refractivity contribution in [3.8, 4) is 11.3 Å².